The number of carbonyl (C=O) groups excluding carboxylic acids is 2. The van der Waals surface area contributed by atoms with E-state index >= 15 is 0 Å². The topological polar surface area (TPSA) is 66.6 Å². The van der Waals surface area contributed by atoms with Crippen molar-refractivity contribution in [2.24, 2.45) is 17.6 Å². The fourth-order valence-electron chi connectivity index (χ4n) is 4.92. The molecule has 0 spiro atoms. The van der Waals surface area contributed by atoms with E-state index in [1.807, 2.05) is 11.8 Å². The fourth-order valence-corrected chi connectivity index (χ4v) is 5.25. The van der Waals surface area contributed by atoms with Gasteiger partial charge in [-0.05, 0) is 61.4 Å². The zero-order valence-electron chi connectivity index (χ0n) is 17.3. The summed E-state index contributed by atoms with van der Waals surface area (Å²) >= 11 is 3.47. The van der Waals surface area contributed by atoms with Crippen molar-refractivity contribution in [1.29, 1.82) is 0 Å². The number of hydrogen-bond donors (Lipinski definition) is 1. The van der Waals surface area contributed by atoms with Crippen LogP contribution < -0.4 is 5.73 Å². The standard InChI is InChI=1S/C24H28BrN3O2/c1-16-21(25)10-9-20(23(26)29)22(16)24(30)28-14-18-12-27(13-19(18)15-28)11-5-8-17-6-3-2-4-7-17/h2-4,6-7,9-10,18-19H,5,8,11-15H2,1H3,(H2,26,29)/t18-,19?/m0/s1. The second-order valence-electron chi connectivity index (χ2n) is 8.54. The van der Waals surface area contributed by atoms with Crippen LogP contribution in [-0.2, 0) is 6.42 Å². The van der Waals surface area contributed by atoms with Gasteiger partial charge in [-0.3, -0.25) is 9.59 Å². The maximum atomic E-state index is 13.3. The number of fused-ring (bicyclic) bond motifs is 1. The highest BCUT2D eigenvalue weighted by molar-refractivity contribution is 9.10. The fraction of sp³-hybridized carbons (Fsp3) is 0.417. The predicted octanol–water partition coefficient (Wildman–Crippen LogP) is 3.49. The molecule has 2 aromatic carbocycles. The first-order valence-corrected chi connectivity index (χ1v) is 11.4. The number of rotatable bonds is 6. The van der Waals surface area contributed by atoms with Gasteiger partial charge in [0.05, 0.1) is 11.1 Å². The van der Waals surface area contributed by atoms with Crippen molar-refractivity contribution in [2.45, 2.75) is 19.8 Å². The summed E-state index contributed by atoms with van der Waals surface area (Å²) in [6.45, 7) is 6.56. The minimum atomic E-state index is -0.557. The van der Waals surface area contributed by atoms with Crippen molar-refractivity contribution in [2.75, 3.05) is 32.7 Å². The van der Waals surface area contributed by atoms with Crippen LogP contribution in [0.1, 0.15) is 38.3 Å². The monoisotopic (exact) mass is 469 g/mol. The molecule has 2 N–H and O–H groups in total. The first-order valence-electron chi connectivity index (χ1n) is 10.6. The molecule has 2 aliphatic heterocycles. The number of likely N-dealkylation sites (tertiary alicyclic amines) is 2. The molecular weight excluding hydrogens is 442 g/mol. The van der Waals surface area contributed by atoms with E-state index in [0.29, 0.717) is 23.0 Å². The van der Waals surface area contributed by atoms with Crippen molar-refractivity contribution in [3.8, 4) is 0 Å². The first-order chi connectivity index (χ1) is 14.4. The number of amides is 2. The second-order valence-corrected chi connectivity index (χ2v) is 9.39. The molecule has 0 radical (unpaired) electrons. The summed E-state index contributed by atoms with van der Waals surface area (Å²) in [5, 5.41) is 0. The third-order valence-corrected chi connectivity index (χ3v) is 7.37. The molecule has 0 saturated carbocycles. The summed E-state index contributed by atoms with van der Waals surface area (Å²) in [7, 11) is 0. The maximum Gasteiger partial charge on any atom is 0.254 e. The van der Waals surface area contributed by atoms with Gasteiger partial charge in [-0.2, -0.15) is 0 Å². The SMILES string of the molecule is Cc1c(Br)ccc(C(N)=O)c1C(=O)N1CC2CN(CCCc3ccccc3)C[C@H]2C1. The molecule has 2 aliphatic rings. The van der Waals surface area contributed by atoms with E-state index in [0.717, 1.165) is 55.6 Å². The summed E-state index contributed by atoms with van der Waals surface area (Å²) in [5.74, 6) is 0.385. The molecule has 30 heavy (non-hydrogen) atoms. The molecule has 0 aromatic heterocycles. The molecule has 158 valence electrons. The number of primary amides is 1. The molecule has 2 heterocycles. The quantitative estimate of drug-likeness (QED) is 0.703. The van der Waals surface area contributed by atoms with Crippen LogP contribution in [0.3, 0.4) is 0 Å². The van der Waals surface area contributed by atoms with Crippen molar-refractivity contribution >= 4 is 27.7 Å². The van der Waals surface area contributed by atoms with E-state index < -0.39 is 5.91 Å². The third-order valence-electron chi connectivity index (χ3n) is 6.51. The molecule has 0 bridgehead atoms. The number of carbonyl (C=O) groups is 2. The van der Waals surface area contributed by atoms with Crippen LogP contribution >= 0.6 is 15.9 Å². The molecule has 1 unspecified atom stereocenters. The van der Waals surface area contributed by atoms with E-state index in [1.165, 1.54) is 5.56 Å². The number of halogens is 1. The summed E-state index contributed by atoms with van der Waals surface area (Å²) in [5.41, 5.74) is 8.45. The third kappa shape index (κ3) is 4.30. The van der Waals surface area contributed by atoms with Gasteiger partial charge in [-0.25, -0.2) is 0 Å². The van der Waals surface area contributed by atoms with E-state index in [9.17, 15) is 9.59 Å². The van der Waals surface area contributed by atoms with E-state index in [4.69, 9.17) is 5.73 Å². The Morgan fingerprint density at radius 3 is 2.33 bits per heavy atom. The minimum absolute atomic E-state index is 0.0763. The Labute approximate surface area is 186 Å². The van der Waals surface area contributed by atoms with Gasteiger partial charge < -0.3 is 15.5 Å². The molecule has 6 heteroatoms. The molecule has 4 rings (SSSR count). The second kappa shape index (κ2) is 8.90. The molecular formula is C24H28BrN3O2. The highest BCUT2D eigenvalue weighted by Crippen LogP contribution is 2.33. The van der Waals surface area contributed by atoms with Crippen molar-refractivity contribution in [3.05, 3.63) is 69.2 Å². The molecule has 2 saturated heterocycles. The number of nitrogens with zero attached hydrogens (tertiary/aromatic N) is 2. The minimum Gasteiger partial charge on any atom is -0.366 e. The number of nitrogens with two attached hydrogens (primary N) is 1. The lowest BCUT2D eigenvalue weighted by atomic mass is 10.00. The van der Waals surface area contributed by atoms with Crippen LogP contribution in [-0.4, -0.2) is 54.3 Å². The van der Waals surface area contributed by atoms with Gasteiger partial charge in [0.25, 0.3) is 5.91 Å². The van der Waals surface area contributed by atoms with Gasteiger partial charge in [-0.15, -0.1) is 0 Å². The zero-order chi connectivity index (χ0) is 21.3. The molecule has 2 amide bonds. The molecule has 5 nitrogen and oxygen atoms in total. The number of hydrogen-bond acceptors (Lipinski definition) is 3. The summed E-state index contributed by atoms with van der Waals surface area (Å²) < 4.78 is 0.819. The lowest BCUT2D eigenvalue weighted by molar-refractivity contribution is 0.0767. The van der Waals surface area contributed by atoms with Gasteiger partial charge in [-0.1, -0.05) is 46.3 Å². The highest BCUT2D eigenvalue weighted by atomic mass is 79.9. The van der Waals surface area contributed by atoms with Gasteiger partial charge in [0, 0.05) is 30.7 Å². The first kappa shape index (κ1) is 21.1. The maximum absolute atomic E-state index is 13.3. The van der Waals surface area contributed by atoms with Crippen LogP contribution in [0.2, 0.25) is 0 Å². The van der Waals surface area contributed by atoms with Crippen LogP contribution in [0.25, 0.3) is 0 Å². The van der Waals surface area contributed by atoms with Crippen molar-refractivity contribution in [3.63, 3.8) is 0 Å². The summed E-state index contributed by atoms with van der Waals surface area (Å²) in [4.78, 5) is 29.6. The lowest BCUT2D eigenvalue weighted by Crippen LogP contribution is -2.35. The van der Waals surface area contributed by atoms with E-state index in [1.54, 1.807) is 12.1 Å². The predicted molar refractivity (Wildman–Crippen MR) is 121 cm³/mol. The average Bonchev–Trinajstić information content (AvgIpc) is 3.29. The summed E-state index contributed by atoms with van der Waals surface area (Å²) in [6.07, 6.45) is 2.26. The van der Waals surface area contributed by atoms with Gasteiger partial charge in [0.1, 0.15) is 0 Å². The Bertz CT molecular complexity index is 933. The highest BCUT2D eigenvalue weighted by Gasteiger charge is 2.42. The van der Waals surface area contributed by atoms with Crippen LogP contribution in [0.15, 0.2) is 46.9 Å². The zero-order valence-corrected chi connectivity index (χ0v) is 18.9. The van der Waals surface area contributed by atoms with Crippen LogP contribution in [0, 0.1) is 18.8 Å². The average molecular weight is 470 g/mol. The van der Waals surface area contributed by atoms with Crippen LogP contribution in [0.5, 0.6) is 0 Å². The Kier molecular flexibility index (Phi) is 6.25. The number of benzene rings is 2. The smallest absolute Gasteiger partial charge is 0.254 e. The lowest BCUT2D eigenvalue weighted by Gasteiger charge is -2.23. The van der Waals surface area contributed by atoms with Crippen molar-refractivity contribution in [1.82, 2.24) is 9.80 Å². The molecule has 2 atom stereocenters. The Morgan fingerprint density at radius 1 is 1.03 bits per heavy atom. The molecule has 2 fully saturated rings. The Balaban J connectivity index is 1.35. The van der Waals surface area contributed by atoms with Gasteiger partial charge >= 0.3 is 0 Å². The van der Waals surface area contributed by atoms with Gasteiger partial charge in [0.2, 0.25) is 5.91 Å². The largest absolute Gasteiger partial charge is 0.366 e. The van der Waals surface area contributed by atoms with Crippen LogP contribution in [0.4, 0.5) is 0 Å². The molecule has 2 aromatic rings. The Hall–Kier alpha value is -2.18. The van der Waals surface area contributed by atoms with E-state index in [-0.39, 0.29) is 5.91 Å². The normalized spacial score (nSPS) is 21.1. The van der Waals surface area contributed by atoms with Crippen molar-refractivity contribution < 1.29 is 9.59 Å². The summed E-state index contributed by atoms with van der Waals surface area (Å²) in [6, 6.07) is 14.0. The number of aryl methyl sites for hydroxylation is 1. The Morgan fingerprint density at radius 2 is 1.70 bits per heavy atom. The molecule has 0 aliphatic carbocycles. The van der Waals surface area contributed by atoms with Gasteiger partial charge in [0.15, 0.2) is 0 Å². The van der Waals surface area contributed by atoms with E-state index in [2.05, 4.69) is 51.2 Å².